The highest BCUT2D eigenvalue weighted by Crippen LogP contribution is 2.16. The molecule has 6 heteroatoms. The zero-order valence-corrected chi connectivity index (χ0v) is 15.7. The van der Waals surface area contributed by atoms with E-state index in [0.717, 1.165) is 11.3 Å². The average Bonchev–Trinajstić information content (AvgIpc) is 2.68. The van der Waals surface area contributed by atoms with Crippen molar-refractivity contribution in [1.82, 2.24) is 4.90 Å². The van der Waals surface area contributed by atoms with E-state index in [2.05, 4.69) is 5.32 Å². The van der Waals surface area contributed by atoms with E-state index < -0.39 is 6.10 Å². The first-order valence-electron chi connectivity index (χ1n) is 8.96. The number of nitrogens with zero attached hydrogens (tertiary/aromatic N) is 1. The third-order valence-corrected chi connectivity index (χ3v) is 4.07. The largest absolute Gasteiger partial charge is 0.481 e. The second kappa shape index (κ2) is 10.3. The molecule has 2 N–H and O–H groups in total. The highest BCUT2D eigenvalue weighted by Gasteiger charge is 2.19. The summed E-state index contributed by atoms with van der Waals surface area (Å²) >= 11 is 0. The molecule has 6 nitrogen and oxygen atoms in total. The van der Waals surface area contributed by atoms with E-state index in [0.29, 0.717) is 25.1 Å². The Morgan fingerprint density at radius 3 is 2.59 bits per heavy atom. The number of para-hydroxylation sites is 1. The van der Waals surface area contributed by atoms with E-state index in [-0.39, 0.29) is 18.4 Å². The van der Waals surface area contributed by atoms with Crippen molar-refractivity contribution in [3.8, 4) is 5.75 Å². The lowest BCUT2D eigenvalue weighted by Crippen LogP contribution is -2.38. The molecule has 0 radical (unpaired) electrons. The number of carbonyl (C=O) groups is 2. The maximum absolute atomic E-state index is 12.4. The Bertz CT molecular complexity index is 749. The van der Waals surface area contributed by atoms with Crippen molar-refractivity contribution < 1.29 is 19.4 Å². The lowest BCUT2D eigenvalue weighted by Gasteiger charge is -2.22. The Morgan fingerprint density at radius 1 is 1.15 bits per heavy atom. The van der Waals surface area contributed by atoms with Gasteiger partial charge >= 0.3 is 0 Å². The molecule has 0 saturated carbocycles. The fourth-order valence-electron chi connectivity index (χ4n) is 2.61. The van der Waals surface area contributed by atoms with Crippen LogP contribution in [0, 0.1) is 0 Å². The number of benzene rings is 2. The van der Waals surface area contributed by atoms with Gasteiger partial charge in [0.2, 0.25) is 5.91 Å². The van der Waals surface area contributed by atoms with Crippen molar-refractivity contribution in [3.63, 3.8) is 0 Å². The van der Waals surface area contributed by atoms with Gasteiger partial charge in [-0.1, -0.05) is 30.3 Å². The molecule has 27 heavy (non-hydrogen) atoms. The highest BCUT2D eigenvalue weighted by molar-refractivity contribution is 5.90. The maximum atomic E-state index is 12.4. The number of likely N-dealkylation sites (N-methyl/N-ethyl adjacent to an activating group) is 1. The summed E-state index contributed by atoms with van der Waals surface area (Å²) in [5.74, 6) is 0.304. The van der Waals surface area contributed by atoms with Crippen molar-refractivity contribution >= 4 is 17.5 Å². The van der Waals surface area contributed by atoms with Crippen LogP contribution in [0.3, 0.4) is 0 Å². The predicted octanol–water partition coefficient (Wildman–Crippen LogP) is 2.82. The van der Waals surface area contributed by atoms with Gasteiger partial charge in [-0.2, -0.15) is 0 Å². The highest BCUT2D eigenvalue weighted by atomic mass is 16.5. The molecule has 1 atom stereocenters. The van der Waals surface area contributed by atoms with Crippen LogP contribution >= 0.6 is 0 Å². The van der Waals surface area contributed by atoms with E-state index in [4.69, 9.17) is 9.84 Å². The maximum Gasteiger partial charge on any atom is 0.263 e. The van der Waals surface area contributed by atoms with Gasteiger partial charge in [-0.25, -0.2) is 0 Å². The first-order valence-corrected chi connectivity index (χ1v) is 8.96. The number of anilines is 1. The lowest BCUT2D eigenvalue weighted by atomic mass is 10.2. The second-order valence-corrected chi connectivity index (χ2v) is 6.34. The third kappa shape index (κ3) is 6.75. The number of ether oxygens (including phenoxy) is 1. The van der Waals surface area contributed by atoms with Gasteiger partial charge in [-0.05, 0) is 43.2 Å². The number of aliphatic hydroxyl groups is 1. The summed E-state index contributed by atoms with van der Waals surface area (Å²) in [6.45, 7) is 2.07. The molecular formula is C21H26N2O4. The molecule has 2 aromatic carbocycles. The SMILES string of the molecule is CC(Oc1cccc(CO)c1)C(=O)N(C)CCCC(=O)Nc1ccccc1. The van der Waals surface area contributed by atoms with Gasteiger partial charge in [0.25, 0.3) is 5.91 Å². The Labute approximate surface area is 159 Å². The number of amides is 2. The molecule has 0 fully saturated rings. The summed E-state index contributed by atoms with van der Waals surface area (Å²) in [4.78, 5) is 25.9. The van der Waals surface area contributed by atoms with Gasteiger partial charge < -0.3 is 20.1 Å². The molecule has 144 valence electrons. The first-order chi connectivity index (χ1) is 13.0. The number of hydrogen-bond donors (Lipinski definition) is 2. The number of rotatable bonds is 9. The summed E-state index contributed by atoms with van der Waals surface area (Å²) in [5.41, 5.74) is 1.49. The Hall–Kier alpha value is -2.86. The molecular weight excluding hydrogens is 344 g/mol. The molecule has 0 bridgehead atoms. The Morgan fingerprint density at radius 2 is 1.89 bits per heavy atom. The molecule has 0 aromatic heterocycles. The van der Waals surface area contributed by atoms with Crippen LogP contribution in [0.15, 0.2) is 54.6 Å². The van der Waals surface area contributed by atoms with E-state index in [1.165, 1.54) is 0 Å². The van der Waals surface area contributed by atoms with Crippen LogP contribution in [-0.4, -0.2) is 41.5 Å². The minimum atomic E-state index is -0.651. The summed E-state index contributed by atoms with van der Waals surface area (Å²) in [5, 5.41) is 12.0. The smallest absolute Gasteiger partial charge is 0.263 e. The number of hydrogen-bond acceptors (Lipinski definition) is 4. The van der Waals surface area contributed by atoms with Crippen LogP contribution in [0.5, 0.6) is 5.75 Å². The molecule has 0 aliphatic heterocycles. The van der Waals surface area contributed by atoms with Gasteiger partial charge in [0.05, 0.1) is 6.61 Å². The molecule has 0 saturated heterocycles. The van der Waals surface area contributed by atoms with Gasteiger partial charge in [0.15, 0.2) is 6.10 Å². The number of nitrogens with one attached hydrogen (secondary N) is 1. The molecule has 2 amide bonds. The molecule has 0 aliphatic carbocycles. The summed E-state index contributed by atoms with van der Waals surface area (Å²) in [6, 6.07) is 16.3. The number of carbonyl (C=O) groups excluding carboxylic acids is 2. The fourth-order valence-corrected chi connectivity index (χ4v) is 2.61. The molecule has 0 aliphatic rings. The van der Waals surface area contributed by atoms with E-state index in [9.17, 15) is 9.59 Å². The molecule has 2 rings (SSSR count). The fraction of sp³-hybridized carbons (Fsp3) is 0.333. The molecule has 0 spiro atoms. The predicted molar refractivity (Wildman–Crippen MR) is 104 cm³/mol. The van der Waals surface area contributed by atoms with Crippen molar-refractivity contribution in [2.24, 2.45) is 0 Å². The van der Waals surface area contributed by atoms with Crippen LogP contribution in [0.25, 0.3) is 0 Å². The van der Waals surface area contributed by atoms with Gasteiger partial charge in [0.1, 0.15) is 5.75 Å². The van der Waals surface area contributed by atoms with Gasteiger partial charge in [-0.3, -0.25) is 9.59 Å². The van der Waals surface area contributed by atoms with Gasteiger partial charge in [-0.15, -0.1) is 0 Å². The van der Waals surface area contributed by atoms with Crippen molar-refractivity contribution in [1.29, 1.82) is 0 Å². The minimum Gasteiger partial charge on any atom is -0.481 e. The van der Waals surface area contributed by atoms with Crippen molar-refractivity contribution in [3.05, 3.63) is 60.2 Å². The second-order valence-electron chi connectivity index (χ2n) is 6.34. The summed E-state index contributed by atoms with van der Waals surface area (Å²) in [7, 11) is 1.70. The topological polar surface area (TPSA) is 78.9 Å². The zero-order valence-electron chi connectivity index (χ0n) is 15.7. The van der Waals surface area contributed by atoms with Crippen molar-refractivity contribution in [2.75, 3.05) is 18.9 Å². The summed E-state index contributed by atoms with van der Waals surface area (Å²) < 4.78 is 5.66. The standard InChI is InChI=1S/C21H26N2O4/c1-16(27-19-11-6-8-17(14-19)15-24)21(26)23(2)13-7-12-20(25)22-18-9-4-3-5-10-18/h3-6,8-11,14,16,24H,7,12-13,15H2,1-2H3,(H,22,25). The Balaban J connectivity index is 1.74. The van der Waals surface area contributed by atoms with Crippen LogP contribution < -0.4 is 10.1 Å². The molecule has 1 unspecified atom stereocenters. The van der Waals surface area contributed by atoms with Crippen LogP contribution in [0.4, 0.5) is 5.69 Å². The average molecular weight is 370 g/mol. The summed E-state index contributed by atoms with van der Waals surface area (Å²) in [6.07, 6.45) is 0.246. The normalized spacial score (nSPS) is 11.5. The lowest BCUT2D eigenvalue weighted by molar-refractivity contribution is -0.136. The van der Waals surface area contributed by atoms with Crippen LogP contribution in [0.1, 0.15) is 25.3 Å². The zero-order chi connectivity index (χ0) is 19.6. The first kappa shape index (κ1) is 20.5. The van der Waals surface area contributed by atoms with E-state index >= 15 is 0 Å². The third-order valence-electron chi connectivity index (χ3n) is 4.07. The van der Waals surface area contributed by atoms with E-state index in [1.54, 1.807) is 43.1 Å². The van der Waals surface area contributed by atoms with Gasteiger partial charge in [0, 0.05) is 25.7 Å². The monoisotopic (exact) mass is 370 g/mol. The molecule has 0 heterocycles. The Kier molecular flexibility index (Phi) is 7.82. The molecule has 2 aromatic rings. The minimum absolute atomic E-state index is 0.0767. The number of aliphatic hydroxyl groups excluding tert-OH is 1. The quantitative estimate of drug-likeness (QED) is 0.711. The van der Waals surface area contributed by atoms with E-state index in [1.807, 2.05) is 30.3 Å². The van der Waals surface area contributed by atoms with Crippen LogP contribution in [0.2, 0.25) is 0 Å². The van der Waals surface area contributed by atoms with Crippen LogP contribution in [-0.2, 0) is 16.2 Å². The van der Waals surface area contributed by atoms with Crippen molar-refractivity contribution in [2.45, 2.75) is 32.5 Å².